The largest absolute Gasteiger partial charge is 0.493 e. The van der Waals surface area contributed by atoms with Crippen LogP contribution >= 0.6 is 11.6 Å². The van der Waals surface area contributed by atoms with E-state index in [9.17, 15) is 13.2 Å². The zero-order valence-electron chi connectivity index (χ0n) is 15.6. The van der Waals surface area contributed by atoms with Gasteiger partial charge in [-0.2, -0.15) is 0 Å². The van der Waals surface area contributed by atoms with Gasteiger partial charge >= 0.3 is 0 Å². The highest BCUT2D eigenvalue weighted by Crippen LogP contribution is 2.38. The van der Waals surface area contributed by atoms with Crippen LogP contribution in [0.5, 0.6) is 17.2 Å². The van der Waals surface area contributed by atoms with Gasteiger partial charge in [-0.1, -0.05) is 18.2 Å². The number of carbonyl (C=O) groups excluding carboxylic acids is 1. The summed E-state index contributed by atoms with van der Waals surface area (Å²) in [6, 6.07) is 9.45. The Kier molecular flexibility index (Phi) is 7.45. The first-order valence-electron chi connectivity index (χ1n) is 8.07. The van der Waals surface area contributed by atoms with Gasteiger partial charge in [0, 0.05) is 6.54 Å². The van der Waals surface area contributed by atoms with Crippen LogP contribution in [0, 0.1) is 0 Å². The predicted molar refractivity (Wildman–Crippen MR) is 106 cm³/mol. The molecule has 0 unspecified atom stereocenters. The lowest BCUT2D eigenvalue weighted by molar-refractivity contribution is -0.107. The number of methoxy groups -OCH3 is 3. The number of allylic oxidation sites excluding steroid dienone is 1. The molecule has 150 valence electrons. The molecule has 28 heavy (non-hydrogen) atoms. The number of hydrogen-bond donors (Lipinski definition) is 1. The maximum Gasteiger partial charge on any atom is 0.245 e. The summed E-state index contributed by atoms with van der Waals surface area (Å²) in [4.78, 5) is 10.9. The van der Waals surface area contributed by atoms with Crippen LogP contribution in [-0.2, 0) is 21.4 Å². The van der Waals surface area contributed by atoms with Crippen molar-refractivity contribution in [2.75, 3.05) is 21.3 Å². The monoisotopic (exact) mass is 425 g/mol. The number of carbonyl (C=O) groups is 1. The summed E-state index contributed by atoms with van der Waals surface area (Å²) in [5, 5.41) is -0.645. The van der Waals surface area contributed by atoms with Crippen LogP contribution in [0.25, 0.3) is 6.08 Å². The second kappa shape index (κ2) is 9.59. The molecule has 0 spiro atoms. The van der Waals surface area contributed by atoms with Crippen LogP contribution in [0.3, 0.4) is 0 Å². The standard InChI is InChI=1S/C19H20ClNO6S/c1-25-16-10-14(11-17(26-2)19(16)27-3)12-21-28(23,24)15-6-4-5-13(9-15)7-8-18(20)22/h4-11,21H,12H2,1-3H3/b8-7+. The lowest BCUT2D eigenvalue weighted by Crippen LogP contribution is -2.23. The normalized spacial score (nSPS) is 11.4. The Hall–Kier alpha value is -2.55. The summed E-state index contributed by atoms with van der Waals surface area (Å²) >= 11 is 5.26. The van der Waals surface area contributed by atoms with Gasteiger partial charge in [-0.05, 0) is 53.1 Å². The fraction of sp³-hybridized carbons (Fsp3) is 0.211. The van der Waals surface area contributed by atoms with Crippen molar-refractivity contribution >= 4 is 32.9 Å². The Morgan fingerprint density at radius 1 is 1.07 bits per heavy atom. The summed E-state index contributed by atoms with van der Waals surface area (Å²) in [7, 11) is 0.663. The number of ether oxygens (including phenoxy) is 3. The Morgan fingerprint density at radius 2 is 1.71 bits per heavy atom. The van der Waals surface area contributed by atoms with E-state index in [-0.39, 0.29) is 11.4 Å². The Balaban J connectivity index is 2.24. The SMILES string of the molecule is COc1cc(CNS(=O)(=O)c2cccc(/C=C/C(=O)Cl)c2)cc(OC)c1OC. The van der Waals surface area contributed by atoms with Crippen LogP contribution in [0.2, 0.25) is 0 Å². The molecule has 0 aromatic heterocycles. The van der Waals surface area contributed by atoms with Crippen LogP contribution in [0.15, 0.2) is 47.4 Å². The molecule has 0 saturated carbocycles. The number of benzene rings is 2. The number of halogens is 1. The first kappa shape index (κ1) is 21.7. The Labute approximate surface area is 168 Å². The van der Waals surface area contributed by atoms with Crippen LogP contribution < -0.4 is 18.9 Å². The molecule has 0 aliphatic heterocycles. The first-order valence-corrected chi connectivity index (χ1v) is 9.93. The highest BCUT2D eigenvalue weighted by atomic mass is 35.5. The molecule has 2 rings (SSSR count). The third-order valence-electron chi connectivity index (χ3n) is 3.77. The van der Waals surface area contributed by atoms with Gasteiger partial charge in [0.2, 0.25) is 21.0 Å². The van der Waals surface area contributed by atoms with Crippen molar-refractivity contribution in [1.82, 2.24) is 4.72 Å². The average Bonchev–Trinajstić information content (AvgIpc) is 2.70. The fourth-order valence-electron chi connectivity index (χ4n) is 2.45. The predicted octanol–water partition coefficient (Wildman–Crippen LogP) is 2.97. The van der Waals surface area contributed by atoms with Gasteiger partial charge in [0.15, 0.2) is 11.5 Å². The van der Waals surface area contributed by atoms with Crippen molar-refractivity contribution in [3.05, 3.63) is 53.6 Å². The Bertz CT molecular complexity index is 963. The van der Waals surface area contributed by atoms with Gasteiger partial charge in [0.25, 0.3) is 0 Å². The minimum atomic E-state index is -3.79. The molecule has 2 aromatic carbocycles. The highest BCUT2D eigenvalue weighted by molar-refractivity contribution is 7.89. The van der Waals surface area contributed by atoms with Gasteiger partial charge < -0.3 is 14.2 Å². The minimum absolute atomic E-state index is 0.0132. The van der Waals surface area contributed by atoms with E-state index in [4.69, 9.17) is 25.8 Å². The molecule has 0 bridgehead atoms. The lowest BCUT2D eigenvalue weighted by Gasteiger charge is -2.14. The minimum Gasteiger partial charge on any atom is -0.493 e. The smallest absolute Gasteiger partial charge is 0.245 e. The van der Waals surface area contributed by atoms with Crippen molar-refractivity contribution in [1.29, 1.82) is 0 Å². The molecule has 0 fully saturated rings. The molecule has 0 heterocycles. The molecule has 1 N–H and O–H groups in total. The van der Waals surface area contributed by atoms with E-state index in [0.29, 0.717) is 28.4 Å². The van der Waals surface area contributed by atoms with Gasteiger partial charge in [-0.25, -0.2) is 13.1 Å². The zero-order chi connectivity index (χ0) is 20.7. The van der Waals surface area contributed by atoms with Crippen molar-refractivity contribution in [2.45, 2.75) is 11.4 Å². The van der Waals surface area contributed by atoms with Crippen molar-refractivity contribution in [2.24, 2.45) is 0 Å². The summed E-state index contributed by atoms with van der Waals surface area (Å²) < 4.78 is 43.5. The van der Waals surface area contributed by atoms with E-state index in [1.807, 2.05) is 0 Å². The lowest BCUT2D eigenvalue weighted by atomic mass is 10.2. The molecule has 0 radical (unpaired) electrons. The topological polar surface area (TPSA) is 90.9 Å². The molecule has 9 heteroatoms. The number of rotatable bonds is 9. The molecular formula is C19H20ClNO6S. The van der Waals surface area contributed by atoms with E-state index in [1.54, 1.807) is 24.3 Å². The highest BCUT2D eigenvalue weighted by Gasteiger charge is 2.17. The second-order valence-corrected chi connectivity index (χ2v) is 7.71. The number of sulfonamides is 1. The zero-order valence-corrected chi connectivity index (χ0v) is 17.1. The maximum atomic E-state index is 12.6. The van der Waals surface area contributed by atoms with Crippen molar-refractivity contribution in [3.8, 4) is 17.2 Å². The molecule has 0 aliphatic rings. The van der Waals surface area contributed by atoms with E-state index < -0.39 is 15.3 Å². The molecule has 0 atom stereocenters. The summed E-state index contributed by atoms with van der Waals surface area (Å²) in [6.45, 7) is 0.0132. The fourth-order valence-corrected chi connectivity index (χ4v) is 3.58. The first-order chi connectivity index (χ1) is 13.3. The number of hydrogen-bond acceptors (Lipinski definition) is 6. The van der Waals surface area contributed by atoms with E-state index in [2.05, 4.69) is 4.72 Å². The third-order valence-corrected chi connectivity index (χ3v) is 5.29. The number of nitrogens with one attached hydrogen (secondary N) is 1. The quantitative estimate of drug-likeness (QED) is 0.490. The average molecular weight is 426 g/mol. The van der Waals surface area contributed by atoms with E-state index >= 15 is 0 Å². The molecule has 0 aliphatic carbocycles. The summed E-state index contributed by atoms with van der Waals surface area (Å²) in [5.41, 5.74) is 1.16. The maximum absolute atomic E-state index is 12.6. The molecular weight excluding hydrogens is 406 g/mol. The molecule has 7 nitrogen and oxygen atoms in total. The van der Waals surface area contributed by atoms with Crippen molar-refractivity contribution in [3.63, 3.8) is 0 Å². The van der Waals surface area contributed by atoms with E-state index in [0.717, 1.165) is 6.08 Å². The van der Waals surface area contributed by atoms with Gasteiger partial charge in [0.05, 0.1) is 26.2 Å². The molecule has 0 saturated heterocycles. The van der Waals surface area contributed by atoms with Crippen LogP contribution in [0.4, 0.5) is 0 Å². The van der Waals surface area contributed by atoms with E-state index in [1.165, 1.54) is 39.5 Å². The van der Waals surface area contributed by atoms with Crippen LogP contribution in [-0.4, -0.2) is 35.0 Å². The van der Waals surface area contributed by atoms with Gasteiger partial charge in [-0.3, -0.25) is 4.79 Å². The van der Waals surface area contributed by atoms with Gasteiger partial charge in [0.1, 0.15) is 0 Å². The molecule has 2 aromatic rings. The van der Waals surface area contributed by atoms with Crippen molar-refractivity contribution < 1.29 is 27.4 Å². The summed E-state index contributed by atoms with van der Waals surface area (Å²) in [5.74, 6) is 1.27. The second-order valence-electron chi connectivity index (χ2n) is 5.57. The third kappa shape index (κ3) is 5.48. The Morgan fingerprint density at radius 3 is 2.25 bits per heavy atom. The van der Waals surface area contributed by atoms with Gasteiger partial charge in [-0.15, -0.1) is 0 Å². The van der Waals surface area contributed by atoms with Crippen LogP contribution in [0.1, 0.15) is 11.1 Å². The molecule has 0 amide bonds. The summed E-state index contributed by atoms with van der Waals surface area (Å²) in [6.07, 6.45) is 2.59.